The largest absolute Gasteiger partial charge is 0.301 e. The Labute approximate surface area is 99.5 Å². The molecule has 1 nitrogen and oxygen atoms in total. The molecule has 0 bridgehead atoms. The summed E-state index contributed by atoms with van der Waals surface area (Å²) in [7, 11) is 0. The first-order valence-electron chi connectivity index (χ1n) is 6.57. The van der Waals surface area contributed by atoms with Gasteiger partial charge in [0.25, 0.3) is 0 Å². The average Bonchev–Trinajstić information content (AvgIpc) is 2.32. The van der Waals surface area contributed by atoms with Gasteiger partial charge in [0, 0.05) is 6.04 Å². The summed E-state index contributed by atoms with van der Waals surface area (Å²) in [6.07, 6.45) is 3.85. The van der Waals surface area contributed by atoms with Gasteiger partial charge in [-0.05, 0) is 56.0 Å². The average molecular weight is 217 g/mol. The van der Waals surface area contributed by atoms with Gasteiger partial charge in [0.05, 0.1) is 0 Å². The van der Waals surface area contributed by atoms with Crippen molar-refractivity contribution in [3.05, 3.63) is 34.9 Å². The van der Waals surface area contributed by atoms with E-state index in [-0.39, 0.29) is 0 Å². The zero-order chi connectivity index (χ0) is 11.5. The van der Waals surface area contributed by atoms with Crippen LogP contribution in [0.5, 0.6) is 0 Å². The smallest absolute Gasteiger partial charge is 0.0139 e. The Balaban J connectivity index is 2.19. The quantitative estimate of drug-likeness (QED) is 0.751. The number of rotatable bonds is 3. The van der Waals surface area contributed by atoms with E-state index >= 15 is 0 Å². The highest BCUT2D eigenvalue weighted by Crippen LogP contribution is 2.26. The first-order chi connectivity index (χ1) is 7.76. The van der Waals surface area contributed by atoms with E-state index in [9.17, 15) is 0 Å². The molecule has 16 heavy (non-hydrogen) atoms. The second-order valence-corrected chi connectivity index (χ2v) is 4.83. The zero-order valence-corrected chi connectivity index (χ0v) is 10.8. The molecule has 88 valence electrons. The molecule has 0 N–H and O–H groups in total. The van der Waals surface area contributed by atoms with Crippen LogP contribution in [0, 0.1) is 6.92 Å². The van der Waals surface area contributed by atoms with E-state index in [1.54, 1.807) is 11.1 Å². The SMILES string of the molecule is CCN(CC)[C@H]1CCc2cccc(C)c2C1. The number of nitrogens with zero attached hydrogens (tertiary/aromatic N) is 1. The molecule has 0 spiro atoms. The van der Waals surface area contributed by atoms with Crippen molar-refractivity contribution in [3.8, 4) is 0 Å². The van der Waals surface area contributed by atoms with Gasteiger partial charge in [-0.15, -0.1) is 0 Å². The van der Waals surface area contributed by atoms with Crippen LogP contribution < -0.4 is 0 Å². The summed E-state index contributed by atoms with van der Waals surface area (Å²) >= 11 is 0. The highest BCUT2D eigenvalue weighted by molar-refractivity contribution is 5.37. The lowest BCUT2D eigenvalue weighted by Crippen LogP contribution is -2.39. The van der Waals surface area contributed by atoms with Crippen LogP contribution in [-0.4, -0.2) is 24.0 Å². The van der Waals surface area contributed by atoms with Crippen LogP contribution in [0.2, 0.25) is 0 Å². The number of hydrogen-bond donors (Lipinski definition) is 0. The van der Waals surface area contributed by atoms with E-state index in [2.05, 4.69) is 43.9 Å². The molecule has 0 fully saturated rings. The summed E-state index contributed by atoms with van der Waals surface area (Å²) < 4.78 is 0. The van der Waals surface area contributed by atoms with Gasteiger partial charge >= 0.3 is 0 Å². The van der Waals surface area contributed by atoms with Gasteiger partial charge < -0.3 is 4.90 Å². The molecule has 1 atom stereocenters. The Morgan fingerprint density at radius 2 is 2.00 bits per heavy atom. The Bertz CT molecular complexity index is 352. The van der Waals surface area contributed by atoms with Crippen molar-refractivity contribution in [2.45, 2.75) is 46.1 Å². The second kappa shape index (κ2) is 5.01. The topological polar surface area (TPSA) is 3.24 Å². The van der Waals surface area contributed by atoms with Gasteiger partial charge in [0.15, 0.2) is 0 Å². The van der Waals surface area contributed by atoms with Crippen molar-refractivity contribution < 1.29 is 0 Å². The highest BCUT2D eigenvalue weighted by Gasteiger charge is 2.23. The molecule has 0 saturated heterocycles. The maximum atomic E-state index is 2.61. The molecule has 1 aromatic rings. The molecular weight excluding hydrogens is 194 g/mol. The standard InChI is InChI=1S/C15H23N/c1-4-16(5-2)14-10-9-13-8-6-7-12(3)15(13)11-14/h6-8,14H,4-5,9-11H2,1-3H3/t14-/m0/s1. The van der Waals surface area contributed by atoms with Gasteiger partial charge in [-0.3, -0.25) is 0 Å². The van der Waals surface area contributed by atoms with Crippen molar-refractivity contribution in [1.82, 2.24) is 4.90 Å². The van der Waals surface area contributed by atoms with Crippen LogP contribution >= 0.6 is 0 Å². The van der Waals surface area contributed by atoms with Crippen LogP contribution in [0.3, 0.4) is 0 Å². The lowest BCUT2D eigenvalue weighted by atomic mass is 9.85. The fourth-order valence-electron chi connectivity index (χ4n) is 3.00. The van der Waals surface area contributed by atoms with Crippen molar-refractivity contribution in [2.24, 2.45) is 0 Å². The normalized spacial score (nSPS) is 19.9. The van der Waals surface area contributed by atoms with Gasteiger partial charge in [0.1, 0.15) is 0 Å². The molecule has 1 aliphatic carbocycles. The van der Waals surface area contributed by atoms with Gasteiger partial charge in [-0.1, -0.05) is 32.0 Å². The minimum atomic E-state index is 0.767. The Morgan fingerprint density at radius 3 is 2.69 bits per heavy atom. The second-order valence-electron chi connectivity index (χ2n) is 4.83. The molecule has 0 unspecified atom stereocenters. The fraction of sp³-hybridized carbons (Fsp3) is 0.600. The van der Waals surface area contributed by atoms with Gasteiger partial charge in [-0.25, -0.2) is 0 Å². The Morgan fingerprint density at radius 1 is 1.25 bits per heavy atom. The first kappa shape index (κ1) is 11.7. The van der Waals surface area contributed by atoms with Crippen molar-refractivity contribution >= 4 is 0 Å². The number of fused-ring (bicyclic) bond motifs is 1. The van der Waals surface area contributed by atoms with Crippen molar-refractivity contribution in [3.63, 3.8) is 0 Å². The van der Waals surface area contributed by atoms with Crippen LogP contribution in [0.15, 0.2) is 18.2 Å². The number of hydrogen-bond acceptors (Lipinski definition) is 1. The third-order valence-electron chi connectivity index (χ3n) is 4.02. The van der Waals surface area contributed by atoms with Crippen LogP contribution in [-0.2, 0) is 12.8 Å². The first-order valence-corrected chi connectivity index (χ1v) is 6.57. The van der Waals surface area contributed by atoms with E-state index < -0.39 is 0 Å². The van der Waals surface area contributed by atoms with E-state index in [4.69, 9.17) is 0 Å². The van der Waals surface area contributed by atoms with Crippen molar-refractivity contribution in [2.75, 3.05) is 13.1 Å². The number of likely N-dealkylation sites (N-methyl/N-ethyl adjacent to an activating group) is 1. The highest BCUT2D eigenvalue weighted by atomic mass is 15.1. The molecule has 0 heterocycles. The number of benzene rings is 1. The molecule has 0 aromatic heterocycles. The molecule has 0 saturated carbocycles. The molecular formula is C15H23N. The molecule has 0 aliphatic heterocycles. The molecule has 1 aliphatic rings. The third-order valence-corrected chi connectivity index (χ3v) is 4.02. The summed E-state index contributed by atoms with van der Waals surface area (Å²) in [4.78, 5) is 2.61. The van der Waals surface area contributed by atoms with E-state index in [1.165, 1.54) is 37.9 Å². The molecule has 0 radical (unpaired) electrons. The van der Waals surface area contributed by atoms with Gasteiger partial charge in [-0.2, -0.15) is 0 Å². The summed E-state index contributed by atoms with van der Waals surface area (Å²) in [5.41, 5.74) is 4.68. The van der Waals surface area contributed by atoms with Gasteiger partial charge in [0.2, 0.25) is 0 Å². The Kier molecular flexibility index (Phi) is 3.65. The molecule has 0 amide bonds. The summed E-state index contributed by atoms with van der Waals surface area (Å²) in [6, 6.07) is 7.53. The molecule has 1 aromatic carbocycles. The molecule has 1 heteroatoms. The van der Waals surface area contributed by atoms with Crippen LogP contribution in [0.25, 0.3) is 0 Å². The van der Waals surface area contributed by atoms with E-state index in [1.807, 2.05) is 0 Å². The number of aryl methyl sites for hydroxylation is 2. The molecule has 2 rings (SSSR count). The third kappa shape index (κ3) is 2.15. The Hall–Kier alpha value is -0.820. The fourth-order valence-corrected chi connectivity index (χ4v) is 3.00. The maximum Gasteiger partial charge on any atom is 0.0139 e. The van der Waals surface area contributed by atoms with Crippen LogP contribution in [0.1, 0.15) is 37.0 Å². The van der Waals surface area contributed by atoms with E-state index in [0.29, 0.717) is 0 Å². The monoisotopic (exact) mass is 217 g/mol. The van der Waals surface area contributed by atoms with Crippen molar-refractivity contribution in [1.29, 1.82) is 0 Å². The summed E-state index contributed by atoms with van der Waals surface area (Å²) in [5, 5.41) is 0. The minimum Gasteiger partial charge on any atom is -0.301 e. The lowest BCUT2D eigenvalue weighted by molar-refractivity contribution is 0.198. The lowest BCUT2D eigenvalue weighted by Gasteiger charge is -2.34. The summed E-state index contributed by atoms with van der Waals surface area (Å²) in [5.74, 6) is 0. The zero-order valence-electron chi connectivity index (χ0n) is 10.8. The van der Waals surface area contributed by atoms with Crippen LogP contribution in [0.4, 0.5) is 0 Å². The maximum absolute atomic E-state index is 2.61. The summed E-state index contributed by atoms with van der Waals surface area (Å²) in [6.45, 7) is 9.17. The predicted octanol–water partition coefficient (Wildman–Crippen LogP) is 3.19. The van der Waals surface area contributed by atoms with E-state index in [0.717, 1.165) is 6.04 Å². The predicted molar refractivity (Wildman–Crippen MR) is 69.9 cm³/mol. The minimum absolute atomic E-state index is 0.767.